The summed E-state index contributed by atoms with van der Waals surface area (Å²) in [4.78, 5) is 12.0. The molecule has 9 heteroatoms. The van der Waals surface area contributed by atoms with Crippen molar-refractivity contribution in [2.75, 3.05) is 26.9 Å². The van der Waals surface area contributed by atoms with Crippen LogP contribution in [0.5, 0.6) is 17.4 Å². The van der Waals surface area contributed by atoms with E-state index < -0.39 is 0 Å². The third-order valence-corrected chi connectivity index (χ3v) is 5.09. The Labute approximate surface area is 191 Å². The topological polar surface area (TPSA) is 99.9 Å². The largest absolute Gasteiger partial charge is 0.497 e. The van der Waals surface area contributed by atoms with Crippen LogP contribution in [-0.2, 0) is 4.79 Å². The minimum Gasteiger partial charge on any atom is -0.497 e. The molecule has 0 aliphatic carbocycles. The predicted molar refractivity (Wildman–Crippen MR) is 123 cm³/mol. The SMILES string of the molecule is COc1cccc(-c2nnc3ccc(OCCNC(=O)COc4ccc(C)c(C)c4)nn23)c1. The first-order chi connectivity index (χ1) is 16.0. The number of fused-ring (bicyclic) bond motifs is 1. The van der Waals surface area contributed by atoms with Crippen molar-refractivity contribution in [2.24, 2.45) is 0 Å². The van der Waals surface area contributed by atoms with Gasteiger partial charge in [-0.1, -0.05) is 18.2 Å². The molecule has 2 heterocycles. The Balaban J connectivity index is 1.30. The molecular formula is C24H25N5O4. The van der Waals surface area contributed by atoms with Gasteiger partial charge in [-0.15, -0.1) is 15.3 Å². The Morgan fingerprint density at radius 3 is 2.67 bits per heavy atom. The van der Waals surface area contributed by atoms with E-state index in [4.69, 9.17) is 14.2 Å². The third kappa shape index (κ3) is 5.38. The summed E-state index contributed by atoms with van der Waals surface area (Å²) >= 11 is 0. The molecule has 0 unspecified atom stereocenters. The van der Waals surface area contributed by atoms with E-state index in [1.807, 2.05) is 56.3 Å². The van der Waals surface area contributed by atoms with Gasteiger partial charge in [0.05, 0.1) is 13.7 Å². The van der Waals surface area contributed by atoms with E-state index in [1.54, 1.807) is 23.8 Å². The van der Waals surface area contributed by atoms with Crippen molar-refractivity contribution < 1.29 is 19.0 Å². The molecule has 0 spiro atoms. The van der Waals surface area contributed by atoms with Crippen molar-refractivity contribution in [3.63, 3.8) is 0 Å². The van der Waals surface area contributed by atoms with Gasteiger partial charge in [0.2, 0.25) is 5.88 Å². The minimum absolute atomic E-state index is 0.0582. The van der Waals surface area contributed by atoms with Crippen LogP contribution in [0.15, 0.2) is 54.6 Å². The van der Waals surface area contributed by atoms with Crippen LogP contribution >= 0.6 is 0 Å². The van der Waals surface area contributed by atoms with Crippen molar-refractivity contribution in [3.05, 3.63) is 65.7 Å². The Hall–Kier alpha value is -4.14. The number of carbonyl (C=O) groups is 1. The molecule has 0 fully saturated rings. The molecule has 0 saturated carbocycles. The summed E-state index contributed by atoms with van der Waals surface area (Å²) in [6.45, 7) is 4.55. The van der Waals surface area contributed by atoms with E-state index in [9.17, 15) is 4.79 Å². The monoisotopic (exact) mass is 447 g/mol. The lowest BCUT2D eigenvalue weighted by Gasteiger charge is -2.10. The number of aryl methyl sites for hydroxylation is 2. The van der Waals surface area contributed by atoms with Crippen LogP contribution in [0, 0.1) is 13.8 Å². The molecule has 0 radical (unpaired) electrons. The molecule has 170 valence electrons. The normalized spacial score (nSPS) is 10.8. The van der Waals surface area contributed by atoms with Gasteiger partial charge in [-0.05, 0) is 55.3 Å². The quantitative estimate of drug-likeness (QED) is 0.394. The summed E-state index contributed by atoms with van der Waals surface area (Å²) in [6, 6.07) is 16.7. The van der Waals surface area contributed by atoms with Gasteiger partial charge >= 0.3 is 0 Å². The number of hydrogen-bond acceptors (Lipinski definition) is 7. The van der Waals surface area contributed by atoms with Gasteiger partial charge in [0.15, 0.2) is 18.1 Å². The number of nitrogens with zero attached hydrogens (tertiary/aromatic N) is 4. The fourth-order valence-corrected chi connectivity index (χ4v) is 3.14. The lowest BCUT2D eigenvalue weighted by Crippen LogP contribution is -2.32. The van der Waals surface area contributed by atoms with Crippen molar-refractivity contribution in [1.29, 1.82) is 0 Å². The average molecular weight is 447 g/mol. The molecule has 0 saturated heterocycles. The second kappa shape index (κ2) is 9.99. The van der Waals surface area contributed by atoms with Crippen LogP contribution in [0.25, 0.3) is 17.0 Å². The zero-order chi connectivity index (χ0) is 23.2. The van der Waals surface area contributed by atoms with Crippen LogP contribution in [0.3, 0.4) is 0 Å². The van der Waals surface area contributed by atoms with Gasteiger partial charge < -0.3 is 19.5 Å². The second-order valence-corrected chi connectivity index (χ2v) is 7.43. The number of methoxy groups -OCH3 is 1. The maximum atomic E-state index is 12.0. The summed E-state index contributed by atoms with van der Waals surface area (Å²) in [5, 5.41) is 15.6. The lowest BCUT2D eigenvalue weighted by atomic mass is 10.1. The fraction of sp³-hybridized carbons (Fsp3) is 0.250. The molecule has 0 aliphatic rings. The zero-order valence-corrected chi connectivity index (χ0v) is 18.7. The standard InChI is InChI=1S/C24H25N5O4/c1-16-7-8-20(13-17(16)2)33-15-22(30)25-11-12-32-23-10-9-21-26-27-24(29(21)28-23)18-5-4-6-19(14-18)31-3/h4-10,13-14H,11-12,15H2,1-3H3,(H,25,30). The first-order valence-electron chi connectivity index (χ1n) is 10.5. The number of amides is 1. The highest BCUT2D eigenvalue weighted by Gasteiger charge is 2.11. The fourth-order valence-electron chi connectivity index (χ4n) is 3.14. The number of benzene rings is 2. The average Bonchev–Trinajstić information content (AvgIpc) is 3.26. The molecule has 4 aromatic rings. The number of aromatic nitrogens is 4. The Morgan fingerprint density at radius 2 is 1.85 bits per heavy atom. The van der Waals surface area contributed by atoms with Crippen molar-refractivity contribution >= 4 is 11.6 Å². The summed E-state index contributed by atoms with van der Waals surface area (Å²) in [6.07, 6.45) is 0. The van der Waals surface area contributed by atoms with E-state index in [1.165, 1.54) is 5.56 Å². The number of rotatable bonds is 9. The third-order valence-electron chi connectivity index (χ3n) is 5.09. The number of ether oxygens (including phenoxy) is 3. The first-order valence-corrected chi connectivity index (χ1v) is 10.5. The molecule has 33 heavy (non-hydrogen) atoms. The molecule has 0 bridgehead atoms. The lowest BCUT2D eigenvalue weighted by molar-refractivity contribution is -0.123. The molecule has 2 aromatic carbocycles. The highest BCUT2D eigenvalue weighted by Crippen LogP contribution is 2.23. The van der Waals surface area contributed by atoms with Gasteiger partial charge in [-0.2, -0.15) is 4.52 Å². The van der Waals surface area contributed by atoms with Gasteiger partial charge in [0, 0.05) is 11.6 Å². The molecule has 9 nitrogen and oxygen atoms in total. The van der Waals surface area contributed by atoms with E-state index in [-0.39, 0.29) is 19.1 Å². The molecule has 1 amide bonds. The maximum absolute atomic E-state index is 12.0. The van der Waals surface area contributed by atoms with Crippen molar-refractivity contribution in [1.82, 2.24) is 25.1 Å². The number of carbonyl (C=O) groups excluding carboxylic acids is 1. The Morgan fingerprint density at radius 1 is 0.970 bits per heavy atom. The molecular weight excluding hydrogens is 422 g/mol. The maximum Gasteiger partial charge on any atom is 0.258 e. The van der Waals surface area contributed by atoms with E-state index in [0.29, 0.717) is 35.4 Å². The minimum atomic E-state index is -0.223. The Bertz CT molecular complexity index is 1270. The van der Waals surface area contributed by atoms with Gasteiger partial charge in [0.25, 0.3) is 5.91 Å². The van der Waals surface area contributed by atoms with Gasteiger partial charge in [-0.3, -0.25) is 4.79 Å². The van der Waals surface area contributed by atoms with Gasteiger partial charge in [0.1, 0.15) is 18.1 Å². The summed E-state index contributed by atoms with van der Waals surface area (Å²) < 4.78 is 18.1. The van der Waals surface area contributed by atoms with Crippen LogP contribution in [0.1, 0.15) is 11.1 Å². The van der Waals surface area contributed by atoms with E-state index >= 15 is 0 Å². The molecule has 4 rings (SSSR count). The molecule has 2 aromatic heterocycles. The molecule has 1 N–H and O–H groups in total. The van der Waals surface area contributed by atoms with E-state index in [2.05, 4.69) is 20.6 Å². The van der Waals surface area contributed by atoms with Gasteiger partial charge in [-0.25, -0.2) is 0 Å². The highest BCUT2D eigenvalue weighted by molar-refractivity contribution is 5.77. The molecule has 0 aliphatic heterocycles. The number of hydrogen-bond donors (Lipinski definition) is 1. The zero-order valence-electron chi connectivity index (χ0n) is 18.7. The van der Waals surface area contributed by atoms with Crippen molar-refractivity contribution in [3.8, 4) is 28.8 Å². The van der Waals surface area contributed by atoms with Crippen LogP contribution in [0.4, 0.5) is 0 Å². The van der Waals surface area contributed by atoms with Crippen LogP contribution < -0.4 is 19.5 Å². The van der Waals surface area contributed by atoms with Crippen LogP contribution in [0.2, 0.25) is 0 Å². The number of nitrogens with one attached hydrogen (secondary N) is 1. The first kappa shape index (κ1) is 22.1. The Kier molecular flexibility index (Phi) is 6.68. The summed E-state index contributed by atoms with van der Waals surface area (Å²) in [7, 11) is 1.61. The highest BCUT2D eigenvalue weighted by atomic mass is 16.5. The van der Waals surface area contributed by atoms with Crippen molar-refractivity contribution in [2.45, 2.75) is 13.8 Å². The summed E-state index contributed by atoms with van der Waals surface area (Å²) in [5.41, 5.74) is 3.71. The smallest absolute Gasteiger partial charge is 0.258 e. The summed E-state index contributed by atoms with van der Waals surface area (Å²) in [5.74, 6) is 2.13. The predicted octanol–water partition coefficient (Wildman–Crippen LogP) is 2.99. The van der Waals surface area contributed by atoms with E-state index in [0.717, 1.165) is 11.1 Å². The van der Waals surface area contributed by atoms with Crippen LogP contribution in [-0.4, -0.2) is 52.6 Å². The second-order valence-electron chi connectivity index (χ2n) is 7.43. The molecule has 0 atom stereocenters.